The quantitative estimate of drug-likeness (QED) is 0.149. The number of hydrogen-bond donors (Lipinski definition) is 2. The summed E-state index contributed by atoms with van der Waals surface area (Å²) in [5.41, 5.74) is 1.84. The molecule has 27 heavy (non-hydrogen) atoms. The molecule has 0 atom stereocenters. The first kappa shape index (κ1) is 22.7. The minimum Gasteiger partial charge on any atom is -0.492 e. The van der Waals surface area contributed by atoms with Crippen LogP contribution >= 0.6 is 24.0 Å². The fourth-order valence-electron chi connectivity index (χ4n) is 2.30. The number of rotatable bonds is 8. The Hall–Kier alpha value is -2.36. The topological polar surface area (TPSA) is 88.8 Å². The van der Waals surface area contributed by atoms with Crippen molar-refractivity contribution in [3.8, 4) is 5.75 Å². The minimum atomic E-state index is -0.388. The van der Waals surface area contributed by atoms with Gasteiger partial charge in [-0.15, -0.1) is 24.0 Å². The predicted molar refractivity (Wildman–Crippen MR) is 118 cm³/mol. The third-order valence-electron chi connectivity index (χ3n) is 3.62. The second kappa shape index (κ2) is 12.1. The molecule has 0 spiro atoms. The van der Waals surface area contributed by atoms with Crippen LogP contribution in [-0.2, 0) is 6.54 Å². The van der Waals surface area contributed by atoms with E-state index >= 15 is 0 Å². The molecule has 0 fully saturated rings. The lowest BCUT2D eigenvalue weighted by Crippen LogP contribution is -2.39. The van der Waals surface area contributed by atoms with Gasteiger partial charge >= 0.3 is 0 Å². The molecular weight excluding hydrogens is 459 g/mol. The van der Waals surface area contributed by atoms with Crippen LogP contribution in [0.15, 0.2) is 53.5 Å². The van der Waals surface area contributed by atoms with Crippen molar-refractivity contribution >= 4 is 35.6 Å². The van der Waals surface area contributed by atoms with Crippen LogP contribution in [0.2, 0.25) is 0 Å². The van der Waals surface area contributed by atoms with Gasteiger partial charge in [-0.1, -0.05) is 35.9 Å². The zero-order chi connectivity index (χ0) is 18.8. The second-order valence-corrected chi connectivity index (χ2v) is 5.67. The van der Waals surface area contributed by atoms with Crippen molar-refractivity contribution in [2.45, 2.75) is 20.4 Å². The Bertz CT molecular complexity index is 751. The van der Waals surface area contributed by atoms with Crippen molar-refractivity contribution in [2.24, 2.45) is 4.99 Å². The van der Waals surface area contributed by atoms with Crippen LogP contribution in [0.25, 0.3) is 0 Å². The van der Waals surface area contributed by atoms with Gasteiger partial charge in [0.05, 0.1) is 23.6 Å². The molecule has 0 aliphatic heterocycles. The van der Waals surface area contributed by atoms with Gasteiger partial charge in [-0.2, -0.15) is 0 Å². The molecule has 0 saturated heterocycles. The number of nitro groups is 1. The van der Waals surface area contributed by atoms with E-state index in [2.05, 4.69) is 15.6 Å². The summed E-state index contributed by atoms with van der Waals surface area (Å²) in [5.74, 6) is 1.41. The third-order valence-corrected chi connectivity index (χ3v) is 3.62. The normalized spacial score (nSPS) is 10.7. The van der Waals surface area contributed by atoms with Crippen molar-refractivity contribution in [1.29, 1.82) is 0 Å². The number of aryl methyl sites for hydroxylation is 1. The van der Waals surface area contributed by atoms with Crippen molar-refractivity contribution < 1.29 is 9.66 Å². The highest BCUT2D eigenvalue weighted by Gasteiger charge is 2.11. The number of aliphatic imine (C=N–C) groups is 1. The molecule has 0 aliphatic carbocycles. The monoisotopic (exact) mass is 484 g/mol. The Kier molecular flexibility index (Phi) is 10.2. The molecule has 0 unspecified atom stereocenters. The number of nitrogens with one attached hydrogen (secondary N) is 2. The van der Waals surface area contributed by atoms with Crippen LogP contribution in [0.1, 0.15) is 18.1 Å². The molecule has 2 N–H and O–H groups in total. The molecule has 2 rings (SSSR count). The number of hydrogen-bond acceptors (Lipinski definition) is 4. The number of benzene rings is 2. The SMILES string of the molecule is CCNC(=NCc1ccccc1[N+](=O)[O-])NCCOc1ccc(C)cc1.I. The molecule has 0 radical (unpaired) electrons. The lowest BCUT2D eigenvalue weighted by Gasteiger charge is -2.12. The van der Waals surface area contributed by atoms with Gasteiger partial charge in [0, 0.05) is 12.6 Å². The summed E-state index contributed by atoms with van der Waals surface area (Å²) in [6, 6.07) is 14.5. The summed E-state index contributed by atoms with van der Waals surface area (Å²) in [6.45, 7) is 5.97. The zero-order valence-corrected chi connectivity index (χ0v) is 17.8. The van der Waals surface area contributed by atoms with E-state index in [1.807, 2.05) is 38.1 Å². The highest BCUT2D eigenvalue weighted by molar-refractivity contribution is 14.0. The first-order valence-corrected chi connectivity index (χ1v) is 8.54. The first-order valence-electron chi connectivity index (χ1n) is 8.54. The Morgan fingerprint density at radius 3 is 2.52 bits per heavy atom. The van der Waals surface area contributed by atoms with Gasteiger partial charge in [-0.25, -0.2) is 4.99 Å². The lowest BCUT2D eigenvalue weighted by molar-refractivity contribution is -0.385. The number of guanidine groups is 1. The predicted octanol–water partition coefficient (Wildman–Crippen LogP) is 3.66. The van der Waals surface area contributed by atoms with Gasteiger partial charge < -0.3 is 15.4 Å². The second-order valence-electron chi connectivity index (χ2n) is 5.67. The fraction of sp³-hybridized carbons (Fsp3) is 0.316. The molecule has 0 aliphatic rings. The average Bonchev–Trinajstić information content (AvgIpc) is 2.64. The average molecular weight is 484 g/mol. The van der Waals surface area contributed by atoms with Crippen LogP contribution < -0.4 is 15.4 Å². The Morgan fingerprint density at radius 1 is 1.15 bits per heavy atom. The number of para-hydroxylation sites is 1. The summed E-state index contributed by atoms with van der Waals surface area (Å²) in [5, 5.41) is 17.4. The summed E-state index contributed by atoms with van der Waals surface area (Å²) in [7, 11) is 0. The summed E-state index contributed by atoms with van der Waals surface area (Å²) >= 11 is 0. The zero-order valence-electron chi connectivity index (χ0n) is 15.5. The van der Waals surface area contributed by atoms with Gasteiger partial charge in [0.1, 0.15) is 12.4 Å². The van der Waals surface area contributed by atoms with Crippen molar-refractivity contribution in [3.05, 3.63) is 69.8 Å². The maximum atomic E-state index is 11.1. The molecule has 0 saturated carbocycles. The maximum Gasteiger partial charge on any atom is 0.274 e. The van der Waals surface area contributed by atoms with E-state index in [9.17, 15) is 10.1 Å². The van der Waals surface area contributed by atoms with E-state index < -0.39 is 0 Å². The van der Waals surface area contributed by atoms with E-state index in [-0.39, 0.29) is 41.1 Å². The van der Waals surface area contributed by atoms with Crippen molar-refractivity contribution in [2.75, 3.05) is 19.7 Å². The van der Waals surface area contributed by atoms with Crippen LogP contribution in [0.3, 0.4) is 0 Å². The maximum absolute atomic E-state index is 11.1. The first-order chi connectivity index (χ1) is 12.6. The summed E-state index contributed by atoms with van der Waals surface area (Å²) < 4.78 is 5.67. The molecule has 0 heterocycles. The van der Waals surface area contributed by atoms with E-state index in [1.165, 1.54) is 11.6 Å². The van der Waals surface area contributed by atoms with Gasteiger partial charge in [0.2, 0.25) is 0 Å². The van der Waals surface area contributed by atoms with Gasteiger partial charge in [-0.3, -0.25) is 10.1 Å². The number of nitro benzene ring substituents is 1. The van der Waals surface area contributed by atoms with Gasteiger partial charge in [0.15, 0.2) is 5.96 Å². The number of nitrogens with zero attached hydrogens (tertiary/aromatic N) is 2. The Balaban J connectivity index is 0.00000364. The van der Waals surface area contributed by atoms with Crippen LogP contribution in [-0.4, -0.2) is 30.6 Å². The molecule has 146 valence electrons. The molecule has 7 nitrogen and oxygen atoms in total. The Morgan fingerprint density at radius 2 is 1.85 bits per heavy atom. The fourth-order valence-corrected chi connectivity index (χ4v) is 2.30. The van der Waals surface area contributed by atoms with Crippen LogP contribution in [0.4, 0.5) is 5.69 Å². The smallest absolute Gasteiger partial charge is 0.274 e. The number of ether oxygens (including phenoxy) is 1. The molecule has 8 heteroatoms. The summed E-state index contributed by atoms with van der Waals surface area (Å²) in [6.07, 6.45) is 0. The Labute approximate surface area is 176 Å². The van der Waals surface area contributed by atoms with E-state index in [4.69, 9.17) is 4.74 Å². The van der Waals surface area contributed by atoms with Gasteiger partial charge in [0.25, 0.3) is 5.69 Å². The molecule has 2 aromatic rings. The molecule has 0 aromatic heterocycles. The highest BCUT2D eigenvalue weighted by atomic mass is 127. The highest BCUT2D eigenvalue weighted by Crippen LogP contribution is 2.18. The largest absolute Gasteiger partial charge is 0.492 e. The molecule has 0 bridgehead atoms. The van der Waals surface area contributed by atoms with Crippen molar-refractivity contribution in [3.63, 3.8) is 0 Å². The van der Waals surface area contributed by atoms with E-state index in [1.54, 1.807) is 18.2 Å². The lowest BCUT2D eigenvalue weighted by atomic mass is 10.2. The van der Waals surface area contributed by atoms with Crippen molar-refractivity contribution in [1.82, 2.24) is 10.6 Å². The standard InChI is InChI=1S/C19H24N4O3.HI/c1-3-20-19(21-12-13-26-17-10-8-15(2)9-11-17)22-14-16-6-4-5-7-18(16)23(24)25;/h4-11H,3,12-14H2,1-2H3,(H2,20,21,22);1H. The van der Waals surface area contributed by atoms with E-state index in [0.717, 1.165) is 5.75 Å². The third kappa shape index (κ3) is 7.81. The molecule has 2 aromatic carbocycles. The molecule has 0 amide bonds. The van der Waals surface area contributed by atoms with Crippen LogP contribution in [0.5, 0.6) is 5.75 Å². The number of halogens is 1. The van der Waals surface area contributed by atoms with Gasteiger partial charge in [-0.05, 0) is 26.0 Å². The minimum absolute atomic E-state index is 0. The molecular formula is C19H25IN4O3. The summed E-state index contributed by atoms with van der Waals surface area (Å²) in [4.78, 5) is 15.1. The van der Waals surface area contributed by atoms with Crippen LogP contribution in [0, 0.1) is 17.0 Å². The van der Waals surface area contributed by atoms with E-state index in [0.29, 0.717) is 31.2 Å².